The fraction of sp³-hybridized carbons (Fsp3) is 0.429. The minimum Gasteiger partial charge on any atom is -0.469 e. The van der Waals surface area contributed by atoms with E-state index in [1.807, 2.05) is 13.0 Å². The Morgan fingerprint density at radius 2 is 2.56 bits per heavy atom. The Balaban J connectivity index is 2.63. The summed E-state index contributed by atoms with van der Waals surface area (Å²) in [4.78, 5) is 0. The zero-order valence-electron chi connectivity index (χ0n) is 5.37. The van der Waals surface area contributed by atoms with Crippen molar-refractivity contribution in [3.63, 3.8) is 0 Å². The third kappa shape index (κ3) is 1.33. The van der Waals surface area contributed by atoms with Gasteiger partial charge in [0.05, 0.1) is 6.26 Å². The fourth-order valence-corrected chi connectivity index (χ4v) is 0.745. The molecule has 1 unspecified atom stereocenters. The Morgan fingerprint density at radius 1 is 1.78 bits per heavy atom. The molecule has 0 aromatic carbocycles. The molecule has 0 saturated carbocycles. The van der Waals surface area contributed by atoms with Crippen LogP contribution < -0.4 is 0 Å². The third-order valence-corrected chi connectivity index (χ3v) is 1.32. The highest BCUT2D eigenvalue weighted by molar-refractivity contribution is 5.16. The summed E-state index contributed by atoms with van der Waals surface area (Å²) in [5.41, 5.74) is 0.928. The van der Waals surface area contributed by atoms with Gasteiger partial charge in [0.25, 0.3) is 0 Å². The van der Waals surface area contributed by atoms with Crippen LogP contribution in [0.5, 0.6) is 0 Å². The molecule has 0 saturated heterocycles. The lowest BCUT2D eigenvalue weighted by molar-refractivity contribution is -0.0249. The average Bonchev–Trinajstić information content (AvgIpc) is 1.89. The number of allylic oxidation sites excluding steroid dienone is 2. The van der Waals surface area contributed by atoms with E-state index in [9.17, 15) is 0 Å². The van der Waals surface area contributed by atoms with Gasteiger partial charge >= 0.3 is 0 Å². The summed E-state index contributed by atoms with van der Waals surface area (Å²) in [6.45, 7) is 1.98. The molecule has 0 aliphatic carbocycles. The van der Waals surface area contributed by atoms with E-state index < -0.39 is 6.29 Å². The van der Waals surface area contributed by atoms with Gasteiger partial charge in [-0.15, -0.1) is 0 Å². The number of hydrogen-bond donors (Lipinski definition) is 1. The van der Waals surface area contributed by atoms with Gasteiger partial charge in [-0.05, 0) is 18.1 Å². The number of rotatable bonds is 1. The summed E-state index contributed by atoms with van der Waals surface area (Å²) < 4.78 is 4.79. The van der Waals surface area contributed by atoms with E-state index in [-0.39, 0.29) is 0 Å². The predicted octanol–water partition coefficient (Wildman–Crippen LogP) is 1.19. The maximum absolute atomic E-state index is 9.03. The number of aliphatic hydroxyl groups excluding tert-OH is 1. The van der Waals surface area contributed by atoms with E-state index in [0.29, 0.717) is 0 Å². The van der Waals surface area contributed by atoms with Crippen LogP contribution in [-0.2, 0) is 4.74 Å². The van der Waals surface area contributed by atoms with Crippen LogP contribution in [0.2, 0.25) is 0 Å². The molecule has 50 valence electrons. The van der Waals surface area contributed by atoms with E-state index in [4.69, 9.17) is 9.84 Å². The minimum atomic E-state index is -0.708. The van der Waals surface area contributed by atoms with Crippen molar-refractivity contribution in [1.82, 2.24) is 0 Å². The molecule has 0 bridgehead atoms. The van der Waals surface area contributed by atoms with Crippen molar-refractivity contribution in [3.8, 4) is 0 Å². The normalized spacial score (nSPS) is 25.1. The van der Waals surface area contributed by atoms with Gasteiger partial charge in [-0.25, -0.2) is 0 Å². The molecule has 9 heavy (non-hydrogen) atoms. The van der Waals surface area contributed by atoms with Crippen molar-refractivity contribution in [2.75, 3.05) is 0 Å². The van der Waals surface area contributed by atoms with Crippen molar-refractivity contribution < 1.29 is 9.84 Å². The van der Waals surface area contributed by atoms with Gasteiger partial charge in [0.1, 0.15) is 0 Å². The van der Waals surface area contributed by atoms with E-state index in [1.54, 1.807) is 6.08 Å². The Hall–Kier alpha value is -0.760. The lowest BCUT2D eigenvalue weighted by Crippen LogP contribution is -2.13. The zero-order valence-corrected chi connectivity index (χ0v) is 5.37. The second-order valence-corrected chi connectivity index (χ2v) is 1.91. The first-order chi connectivity index (χ1) is 4.34. The number of ether oxygens (including phenoxy) is 1. The van der Waals surface area contributed by atoms with Gasteiger partial charge in [0, 0.05) is 0 Å². The van der Waals surface area contributed by atoms with Crippen LogP contribution in [-0.4, -0.2) is 11.4 Å². The van der Waals surface area contributed by atoms with E-state index in [0.717, 1.165) is 12.0 Å². The summed E-state index contributed by atoms with van der Waals surface area (Å²) in [5.74, 6) is 0. The molecule has 1 atom stereocenters. The van der Waals surface area contributed by atoms with Crippen LogP contribution >= 0.6 is 0 Å². The number of aliphatic hydroxyl groups is 1. The van der Waals surface area contributed by atoms with E-state index >= 15 is 0 Å². The smallest absolute Gasteiger partial charge is 0.219 e. The van der Waals surface area contributed by atoms with E-state index in [1.165, 1.54) is 6.26 Å². The summed E-state index contributed by atoms with van der Waals surface area (Å²) in [6.07, 6.45) is 5.27. The van der Waals surface area contributed by atoms with Gasteiger partial charge in [0.15, 0.2) is 0 Å². The first kappa shape index (κ1) is 6.36. The van der Waals surface area contributed by atoms with Crippen molar-refractivity contribution in [2.24, 2.45) is 0 Å². The first-order valence-corrected chi connectivity index (χ1v) is 3.03. The molecule has 1 aliphatic heterocycles. The van der Waals surface area contributed by atoms with Crippen LogP contribution in [0.15, 0.2) is 24.0 Å². The summed E-state index contributed by atoms with van der Waals surface area (Å²) in [7, 11) is 0. The van der Waals surface area contributed by atoms with Gasteiger partial charge in [-0.3, -0.25) is 0 Å². The van der Waals surface area contributed by atoms with Crippen LogP contribution in [0.1, 0.15) is 13.3 Å². The second-order valence-electron chi connectivity index (χ2n) is 1.91. The topological polar surface area (TPSA) is 29.5 Å². The molecule has 1 rings (SSSR count). The van der Waals surface area contributed by atoms with Crippen LogP contribution in [0.4, 0.5) is 0 Å². The van der Waals surface area contributed by atoms with Gasteiger partial charge in [-0.1, -0.05) is 13.0 Å². The molecule has 0 amide bonds. The van der Waals surface area contributed by atoms with Gasteiger partial charge in [0.2, 0.25) is 6.29 Å². The van der Waals surface area contributed by atoms with Crippen LogP contribution in [0, 0.1) is 0 Å². The van der Waals surface area contributed by atoms with Crippen molar-refractivity contribution in [1.29, 1.82) is 0 Å². The highest BCUT2D eigenvalue weighted by Gasteiger charge is 2.09. The SMILES string of the molecule is CCC1=CC=COC1O. The van der Waals surface area contributed by atoms with Gasteiger partial charge in [-0.2, -0.15) is 0 Å². The lowest BCUT2D eigenvalue weighted by atomic mass is 10.1. The highest BCUT2D eigenvalue weighted by atomic mass is 16.6. The fourth-order valence-electron chi connectivity index (χ4n) is 0.745. The Morgan fingerprint density at radius 3 is 3.00 bits per heavy atom. The number of hydrogen-bond acceptors (Lipinski definition) is 2. The molecular formula is C7H10O2. The van der Waals surface area contributed by atoms with Crippen molar-refractivity contribution in [2.45, 2.75) is 19.6 Å². The largest absolute Gasteiger partial charge is 0.469 e. The molecule has 0 spiro atoms. The summed E-state index contributed by atoms with van der Waals surface area (Å²) in [5, 5.41) is 9.03. The molecule has 2 heteroatoms. The highest BCUT2D eigenvalue weighted by Crippen LogP contribution is 2.12. The molecule has 2 nitrogen and oxygen atoms in total. The molecule has 1 N–H and O–H groups in total. The maximum Gasteiger partial charge on any atom is 0.219 e. The van der Waals surface area contributed by atoms with Crippen molar-refractivity contribution in [3.05, 3.63) is 24.0 Å². The summed E-state index contributed by atoms with van der Waals surface area (Å²) >= 11 is 0. The second kappa shape index (κ2) is 2.69. The van der Waals surface area contributed by atoms with Gasteiger partial charge < -0.3 is 9.84 Å². The first-order valence-electron chi connectivity index (χ1n) is 3.03. The molecule has 0 aromatic heterocycles. The molecule has 0 fully saturated rings. The Kier molecular flexibility index (Phi) is 1.90. The molecule has 1 aliphatic rings. The lowest BCUT2D eigenvalue weighted by Gasteiger charge is -2.14. The Bertz CT molecular complexity index is 147. The van der Waals surface area contributed by atoms with Crippen LogP contribution in [0.25, 0.3) is 0 Å². The quantitative estimate of drug-likeness (QED) is 0.571. The Labute approximate surface area is 54.5 Å². The van der Waals surface area contributed by atoms with Crippen molar-refractivity contribution >= 4 is 0 Å². The minimum absolute atomic E-state index is 0.708. The predicted molar refractivity (Wildman–Crippen MR) is 34.6 cm³/mol. The molecule has 1 heterocycles. The third-order valence-electron chi connectivity index (χ3n) is 1.32. The van der Waals surface area contributed by atoms with Crippen LogP contribution in [0.3, 0.4) is 0 Å². The molecule has 0 radical (unpaired) electrons. The summed E-state index contributed by atoms with van der Waals surface area (Å²) in [6, 6.07) is 0. The molecular weight excluding hydrogens is 116 g/mol. The van der Waals surface area contributed by atoms with E-state index in [2.05, 4.69) is 0 Å². The average molecular weight is 126 g/mol. The molecule has 0 aromatic rings. The zero-order chi connectivity index (χ0) is 6.69. The monoisotopic (exact) mass is 126 g/mol. The standard InChI is InChI=1S/C7H10O2/c1-2-6-4-3-5-9-7(6)8/h3-5,7-8H,2H2,1H3. The maximum atomic E-state index is 9.03.